The van der Waals surface area contributed by atoms with Crippen LogP contribution in [0.2, 0.25) is 0 Å². The van der Waals surface area contributed by atoms with Gasteiger partial charge in [0.25, 0.3) is 0 Å². The summed E-state index contributed by atoms with van der Waals surface area (Å²) in [5, 5.41) is 10.1. The van der Waals surface area contributed by atoms with Crippen molar-refractivity contribution >= 4 is 0 Å². The van der Waals surface area contributed by atoms with Crippen LogP contribution >= 0.6 is 0 Å². The van der Waals surface area contributed by atoms with Crippen molar-refractivity contribution in [2.24, 2.45) is 0 Å². The molecule has 1 aromatic carbocycles. The number of aliphatic hydroxyl groups is 1. The van der Waals surface area contributed by atoms with Crippen LogP contribution in [0.1, 0.15) is 17.4 Å². The van der Waals surface area contributed by atoms with E-state index in [9.17, 15) is 5.11 Å². The Kier molecular flexibility index (Phi) is 3.17. The van der Waals surface area contributed by atoms with Crippen LogP contribution < -0.4 is 4.74 Å². The van der Waals surface area contributed by atoms with Gasteiger partial charge in [-0.05, 0) is 17.7 Å². The zero-order chi connectivity index (χ0) is 11.4. The molecular formula is C13H13NO2. The van der Waals surface area contributed by atoms with Crippen molar-refractivity contribution in [3.63, 3.8) is 0 Å². The molecule has 0 saturated carbocycles. The van der Waals surface area contributed by atoms with Crippen LogP contribution in [0.15, 0.2) is 48.7 Å². The molecule has 3 heteroatoms. The van der Waals surface area contributed by atoms with Gasteiger partial charge < -0.3 is 9.84 Å². The molecule has 1 N–H and O–H groups in total. The third-order valence-electron chi connectivity index (χ3n) is 2.39. The number of hydrogen-bond donors (Lipinski definition) is 1. The maximum atomic E-state index is 10.1. The molecule has 0 fully saturated rings. The first-order chi connectivity index (χ1) is 7.81. The van der Waals surface area contributed by atoms with Crippen molar-refractivity contribution in [3.8, 4) is 5.75 Å². The van der Waals surface area contributed by atoms with E-state index in [1.165, 1.54) is 0 Å². The Hall–Kier alpha value is -1.87. The zero-order valence-electron chi connectivity index (χ0n) is 9.00. The lowest BCUT2D eigenvalue weighted by molar-refractivity contribution is 0.215. The molecular weight excluding hydrogens is 202 g/mol. The molecule has 1 atom stereocenters. The van der Waals surface area contributed by atoms with Gasteiger partial charge in [-0.15, -0.1) is 0 Å². The first kappa shape index (κ1) is 10.6. The summed E-state index contributed by atoms with van der Waals surface area (Å²) in [4.78, 5) is 4.15. The number of benzene rings is 1. The topological polar surface area (TPSA) is 42.4 Å². The maximum Gasteiger partial charge on any atom is 0.137 e. The Bertz CT molecular complexity index is 439. The Morgan fingerprint density at radius 1 is 1.12 bits per heavy atom. The van der Waals surface area contributed by atoms with Crippen LogP contribution in [0.25, 0.3) is 0 Å². The fraction of sp³-hybridized carbons (Fsp3) is 0.154. The molecule has 0 aliphatic heterocycles. The summed E-state index contributed by atoms with van der Waals surface area (Å²) in [5.41, 5.74) is 1.45. The van der Waals surface area contributed by atoms with Gasteiger partial charge in [-0.2, -0.15) is 0 Å². The van der Waals surface area contributed by atoms with E-state index >= 15 is 0 Å². The summed E-state index contributed by atoms with van der Waals surface area (Å²) >= 11 is 0. The van der Waals surface area contributed by atoms with E-state index in [0.717, 1.165) is 5.56 Å². The summed E-state index contributed by atoms with van der Waals surface area (Å²) in [6.07, 6.45) is 0.911. The summed E-state index contributed by atoms with van der Waals surface area (Å²) in [7, 11) is 1.59. The minimum absolute atomic E-state index is 0.618. The highest BCUT2D eigenvalue weighted by molar-refractivity contribution is 5.28. The largest absolute Gasteiger partial charge is 0.495 e. The van der Waals surface area contributed by atoms with Crippen LogP contribution in [-0.2, 0) is 0 Å². The van der Waals surface area contributed by atoms with Gasteiger partial charge in [0.05, 0.1) is 19.0 Å². The first-order valence-corrected chi connectivity index (χ1v) is 5.04. The SMILES string of the molecule is COc1ccc(C(O)c2ccccc2)nc1. The van der Waals surface area contributed by atoms with Crippen molar-refractivity contribution in [2.75, 3.05) is 7.11 Å². The highest BCUT2D eigenvalue weighted by atomic mass is 16.5. The molecule has 0 radical (unpaired) electrons. The lowest BCUT2D eigenvalue weighted by Crippen LogP contribution is -2.01. The highest BCUT2D eigenvalue weighted by Gasteiger charge is 2.10. The predicted octanol–water partition coefficient (Wildman–Crippen LogP) is 2.17. The van der Waals surface area contributed by atoms with Gasteiger partial charge in [-0.3, -0.25) is 4.98 Å². The number of pyridine rings is 1. The molecule has 2 rings (SSSR count). The van der Waals surface area contributed by atoms with Crippen molar-refractivity contribution in [2.45, 2.75) is 6.10 Å². The molecule has 0 amide bonds. The molecule has 1 aromatic heterocycles. The molecule has 0 saturated heterocycles. The zero-order valence-corrected chi connectivity index (χ0v) is 9.00. The second-order valence-electron chi connectivity index (χ2n) is 3.44. The van der Waals surface area contributed by atoms with Crippen LogP contribution in [-0.4, -0.2) is 17.2 Å². The Morgan fingerprint density at radius 3 is 2.44 bits per heavy atom. The lowest BCUT2D eigenvalue weighted by atomic mass is 10.1. The summed E-state index contributed by atoms with van der Waals surface area (Å²) in [6.45, 7) is 0. The molecule has 1 unspecified atom stereocenters. The Morgan fingerprint density at radius 2 is 1.88 bits per heavy atom. The normalized spacial score (nSPS) is 12.1. The van der Waals surface area contributed by atoms with E-state index in [4.69, 9.17) is 4.74 Å². The summed E-state index contributed by atoms with van der Waals surface area (Å²) in [6, 6.07) is 13.0. The molecule has 3 nitrogen and oxygen atoms in total. The van der Waals surface area contributed by atoms with Crippen LogP contribution in [0.3, 0.4) is 0 Å². The van der Waals surface area contributed by atoms with Gasteiger partial charge >= 0.3 is 0 Å². The number of nitrogens with zero attached hydrogens (tertiary/aromatic N) is 1. The molecule has 1 heterocycles. The van der Waals surface area contributed by atoms with E-state index < -0.39 is 6.10 Å². The second-order valence-corrected chi connectivity index (χ2v) is 3.44. The average Bonchev–Trinajstić information content (AvgIpc) is 2.39. The van der Waals surface area contributed by atoms with Crippen molar-refractivity contribution in [3.05, 3.63) is 59.9 Å². The molecule has 0 aliphatic rings. The van der Waals surface area contributed by atoms with Crippen LogP contribution in [0.4, 0.5) is 0 Å². The maximum absolute atomic E-state index is 10.1. The van der Waals surface area contributed by atoms with Gasteiger partial charge in [-0.25, -0.2) is 0 Å². The minimum Gasteiger partial charge on any atom is -0.495 e. The van der Waals surface area contributed by atoms with Gasteiger partial charge in [0, 0.05) is 0 Å². The van der Waals surface area contributed by atoms with Gasteiger partial charge in [0.2, 0.25) is 0 Å². The van der Waals surface area contributed by atoms with E-state index in [0.29, 0.717) is 11.4 Å². The average molecular weight is 215 g/mol. The number of ether oxygens (including phenoxy) is 1. The first-order valence-electron chi connectivity index (χ1n) is 5.04. The number of rotatable bonds is 3. The highest BCUT2D eigenvalue weighted by Crippen LogP contribution is 2.21. The third-order valence-corrected chi connectivity index (χ3v) is 2.39. The number of aromatic nitrogens is 1. The minimum atomic E-state index is -0.688. The Labute approximate surface area is 94.3 Å². The number of aliphatic hydroxyl groups excluding tert-OH is 1. The van der Waals surface area contributed by atoms with E-state index in [1.807, 2.05) is 30.3 Å². The van der Waals surface area contributed by atoms with Gasteiger partial charge in [-0.1, -0.05) is 30.3 Å². The summed E-state index contributed by atoms with van der Waals surface area (Å²) in [5.74, 6) is 0.684. The number of methoxy groups -OCH3 is 1. The third kappa shape index (κ3) is 2.20. The van der Waals surface area contributed by atoms with Crippen molar-refractivity contribution in [1.29, 1.82) is 0 Å². The quantitative estimate of drug-likeness (QED) is 0.853. The Balaban J connectivity index is 2.24. The lowest BCUT2D eigenvalue weighted by Gasteiger charge is -2.10. The van der Waals surface area contributed by atoms with Gasteiger partial charge in [0.1, 0.15) is 11.9 Å². The molecule has 82 valence electrons. The van der Waals surface area contributed by atoms with Gasteiger partial charge in [0.15, 0.2) is 0 Å². The molecule has 16 heavy (non-hydrogen) atoms. The molecule has 0 spiro atoms. The standard InChI is InChI=1S/C13H13NO2/c1-16-11-7-8-12(14-9-11)13(15)10-5-3-2-4-6-10/h2-9,13,15H,1H3. The van der Waals surface area contributed by atoms with E-state index in [2.05, 4.69) is 4.98 Å². The fourth-order valence-electron chi connectivity index (χ4n) is 1.48. The smallest absolute Gasteiger partial charge is 0.137 e. The van der Waals surface area contributed by atoms with Crippen LogP contribution in [0, 0.1) is 0 Å². The molecule has 0 bridgehead atoms. The summed E-state index contributed by atoms with van der Waals surface area (Å²) < 4.78 is 5.01. The van der Waals surface area contributed by atoms with Crippen LogP contribution in [0.5, 0.6) is 5.75 Å². The predicted molar refractivity (Wildman–Crippen MR) is 61.3 cm³/mol. The molecule has 2 aromatic rings. The monoisotopic (exact) mass is 215 g/mol. The fourth-order valence-corrected chi connectivity index (χ4v) is 1.48. The van der Waals surface area contributed by atoms with E-state index in [-0.39, 0.29) is 0 Å². The number of hydrogen-bond acceptors (Lipinski definition) is 3. The van der Waals surface area contributed by atoms with E-state index in [1.54, 1.807) is 25.4 Å². The second kappa shape index (κ2) is 4.77. The molecule has 0 aliphatic carbocycles. The van der Waals surface area contributed by atoms with Crippen molar-refractivity contribution < 1.29 is 9.84 Å². The van der Waals surface area contributed by atoms with Crippen molar-refractivity contribution in [1.82, 2.24) is 4.98 Å².